The topological polar surface area (TPSA) is 54.5 Å². The molecule has 0 bridgehead atoms. The fourth-order valence-corrected chi connectivity index (χ4v) is 4.12. The molecule has 0 spiro atoms. The van der Waals surface area contributed by atoms with Crippen LogP contribution in [0.4, 0.5) is 4.39 Å². The molecular weight excluding hydrogens is 349 g/mol. The lowest BCUT2D eigenvalue weighted by Gasteiger charge is -2.30. The van der Waals surface area contributed by atoms with Crippen molar-refractivity contribution >= 4 is 31.7 Å². The van der Waals surface area contributed by atoms with Crippen molar-refractivity contribution in [2.24, 2.45) is 0 Å². The minimum atomic E-state index is -3.88. The normalized spacial score (nSPS) is 17.7. The summed E-state index contributed by atoms with van der Waals surface area (Å²) in [6, 6.07) is 3.62. The van der Waals surface area contributed by atoms with Gasteiger partial charge in [-0.15, -0.1) is 0 Å². The third-order valence-electron chi connectivity index (χ3n) is 3.58. The number of ketones is 1. The van der Waals surface area contributed by atoms with Crippen molar-refractivity contribution in [3.05, 3.63) is 28.5 Å². The average Bonchev–Trinajstić information content (AvgIpc) is 2.38. The summed E-state index contributed by atoms with van der Waals surface area (Å²) in [6.07, 6.45) is 1.75. The van der Waals surface area contributed by atoms with Gasteiger partial charge in [0.05, 0.1) is 0 Å². The Morgan fingerprint density at radius 3 is 2.45 bits per heavy atom. The van der Waals surface area contributed by atoms with Gasteiger partial charge in [-0.05, 0) is 31.0 Å². The molecule has 0 atom stereocenters. The first-order valence-corrected chi connectivity index (χ1v) is 8.50. The zero-order valence-corrected chi connectivity index (χ0v) is 13.4. The summed E-state index contributed by atoms with van der Waals surface area (Å²) in [7, 11) is -2.44. The van der Waals surface area contributed by atoms with Crippen LogP contribution in [0.1, 0.15) is 25.7 Å². The van der Waals surface area contributed by atoms with Crippen molar-refractivity contribution in [3.8, 4) is 0 Å². The Bertz CT molecular complexity index is 623. The quantitative estimate of drug-likeness (QED) is 0.829. The number of carbonyl (C=O) groups is 1. The Morgan fingerprint density at radius 1 is 1.30 bits per heavy atom. The Hall–Kier alpha value is -0.790. The minimum Gasteiger partial charge on any atom is -0.300 e. The van der Waals surface area contributed by atoms with E-state index >= 15 is 0 Å². The van der Waals surface area contributed by atoms with E-state index in [1.807, 2.05) is 0 Å². The molecule has 0 unspecified atom stereocenters. The van der Waals surface area contributed by atoms with Crippen molar-refractivity contribution in [1.82, 2.24) is 4.31 Å². The maximum absolute atomic E-state index is 13.8. The van der Waals surface area contributed by atoms with Gasteiger partial charge in [-0.1, -0.05) is 15.9 Å². The van der Waals surface area contributed by atoms with Crippen molar-refractivity contribution in [2.75, 3.05) is 7.05 Å². The number of sulfonamides is 1. The number of rotatable bonds is 3. The van der Waals surface area contributed by atoms with Crippen molar-refractivity contribution in [2.45, 2.75) is 36.6 Å². The second-order valence-electron chi connectivity index (χ2n) is 4.87. The lowest BCUT2D eigenvalue weighted by Crippen LogP contribution is -2.39. The van der Waals surface area contributed by atoms with Gasteiger partial charge in [0.2, 0.25) is 10.0 Å². The van der Waals surface area contributed by atoms with Crippen LogP contribution in [0.3, 0.4) is 0 Å². The van der Waals surface area contributed by atoms with Gasteiger partial charge in [0.1, 0.15) is 16.5 Å². The zero-order valence-electron chi connectivity index (χ0n) is 11.0. The SMILES string of the molecule is CN(C1CCC(=O)CC1)S(=O)(=O)c1ccc(Br)cc1F. The molecule has 0 aliphatic heterocycles. The highest BCUT2D eigenvalue weighted by Crippen LogP contribution is 2.27. The Morgan fingerprint density at radius 2 is 1.90 bits per heavy atom. The molecular formula is C13H15BrFNO3S. The largest absolute Gasteiger partial charge is 0.300 e. The highest BCUT2D eigenvalue weighted by molar-refractivity contribution is 9.10. The highest BCUT2D eigenvalue weighted by atomic mass is 79.9. The van der Waals surface area contributed by atoms with Gasteiger partial charge in [-0.2, -0.15) is 4.31 Å². The van der Waals surface area contributed by atoms with Gasteiger partial charge >= 0.3 is 0 Å². The summed E-state index contributed by atoms with van der Waals surface area (Å²) in [4.78, 5) is 10.9. The molecule has 0 N–H and O–H groups in total. The number of nitrogens with zero attached hydrogens (tertiary/aromatic N) is 1. The summed E-state index contributed by atoms with van der Waals surface area (Å²) in [5.41, 5.74) is 0. The smallest absolute Gasteiger partial charge is 0.245 e. The molecule has 20 heavy (non-hydrogen) atoms. The molecule has 1 aromatic carbocycles. The highest BCUT2D eigenvalue weighted by Gasteiger charge is 2.32. The molecule has 7 heteroatoms. The van der Waals surface area contributed by atoms with Crippen LogP contribution in [0.15, 0.2) is 27.6 Å². The molecule has 2 rings (SSSR count). The first-order valence-electron chi connectivity index (χ1n) is 6.27. The van der Waals surface area contributed by atoms with E-state index in [4.69, 9.17) is 0 Å². The zero-order chi connectivity index (χ0) is 14.9. The molecule has 1 aliphatic rings. The number of hydrogen-bond acceptors (Lipinski definition) is 3. The van der Waals surface area contributed by atoms with Crippen LogP contribution in [0, 0.1) is 5.82 Å². The van der Waals surface area contributed by atoms with Crippen LogP contribution in [-0.4, -0.2) is 31.6 Å². The number of halogens is 2. The maximum Gasteiger partial charge on any atom is 0.245 e. The van der Waals surface area contributed by atoms with Crippen LogP contribution >= 0.6 is 15.9 Å². The molecule has 0 saturated heterocycles. The van der Waals surface area contributed by atoms with E-state index in [0.717, 1.165) is 6.07 Å². The Labute approximate surface area is 126 Å². The predicted molar refractivity (Wildman–Crippen MR) is 76.3 cm³/mol. The molecule has 0 radical (unpaired) electrons. The van der Waals surface area contributed by atoms with E-state index in [9.17, 15) is 17.6 Å². The number of benzene rings is 1. The van der Waals surface area contributed by atoms with Crippen LogP contribution in [0.25, 0.3) is 0 Å². The Kier molecular flexibility index (Phi) is 4.61. The number of hydrogen-bond donors (Lipinski definition) is 0. The van der Waals surface area contributed by atoms with Gasteiger partial charge in [-0.25, -0.2) is 12.8 Å². The van der Waals surface area contributed by atoms with Gasteiger partial charge in [0.15, 0.2) is 0 Å². The van der Waals surface area contributed by atoms with E-state index in [2.05, 4.69) is 15.9 Å². The van der Waals surface area contributed by atoms with Crippen molar-refractivity contribution < 1.29 is 17.6 Å². The molecule has 110 valence electrons. The molecule has 1 aliphatic carbocycles. The third kappa shape index (κ3) is 3.10. The monoisotopic (exact) mass is 363 g/mol. The average molecular weight is 364 g/mol. The Balaban J connectivity index is 2.27. The number of carbonyl (C=O) groups excluding carboxylic acids is 1. The standard InChI is InChI=1S/C13H15BrFNO3S/c1-16(10-3-5-11(17)6-4-10)20(18,19)13-7-2-9(14)8-12(13)15/h2,7-8,10H,3-6H2,1H3. The second kappa shape index (κ2) is 5.91. The van der Waals surface area contributed by atoms with E-state index in [0.29, 0.717) is 30.2 Å². The first-order chi connectivity index (χ1) is 9.32. The number of Topliss-reactive ketones (excluding diaryl/α,β-unsaturated/α-hetero) is 1. The summed E-state index contributed by atoms with van der Waals surface area (Å²) in [6.45, 7) is 0. The summed E-state index contributed by atoms with van der Waals surface area (Å²) >= 11 is 3.10. The fraction of sp³-hybridized carbons (Fsp3) is 0.462. The van der Waals surface area contributed by atoms with E-state index < -0.39 is 15.8 Å². The van der Waals surface area contributed by atoms with Crippen LogP contribution in [0.2, 0.25) is 0 Å². The molecule has 4 nitrogen and oxygen atoms in total. The van der Waals surface area contributed by atoms with Crippen molar-refractivity contribution in [1.29, 1.82) is 0 Å². The van der Waals surface area contributed by atoms with Crippen molar-refractivity contribution in [3.63, 3.8) is 0 Å². The van der Waals surface area contributed by atoms with E-state index in [1.54, 1.807) is 0 Å². The van der Waals surface area contributed by atoms with Crippen LogP contribution in [0.5, 0.6) is 0 Å². The predicted octanol–water partition coefficient (Wildman–Crippen LogP) is 2.72. The van der Waals surface area contributed by atoms with Gasteiger partial charge in [0, 0.05) is 30.4 Å². The first kappa shape index (κ1) is 15.6. The van der Waals surface area contributed by atoms with E-state index in [1.165, 1.54) is 23.5 Å². The van der Waals surface area contributed by atoms with Crippen LogP contribution < -0.4 is 0 Å². The van der Waals surface area contributed by atoms with Crippen LogP contribution in [-0.2, 0) is 14.8 Å². The molecule has 0 heterocycles. The molecule has 1 aromatic rings. The summed E-state index contributed by atoms with van der Waals surface area (Å²) in [5, 5.41) is 0. The van der Waals surface area contributed by atoms with E-state index in [-0.39, 0.29) is 16.7 Å². The lowest BCUT2D eigenvalue weighted by atomic mass is 9.95. The second-order valence-corrected chi connectivity index (χ2v) is 7.75. The third-order valence-corrected chi connectivity index (χ3v) is 6.01. The maximum atomic E-state index is 13.8. The molecule has 1 fully saturated rings. The minimum absolute atomic E-state index is 0.155. The molecule has 0 amide bonds. The summed E-state index contributed by atoms with van der Waals surface area (Å²) < 4.78 is 40.4. The summed E-state index contributed by atoms with van der Waals surface area (Å²) in [5.74, 6) is -0.625. The molecule has 0 aromatic heterocycles. The van der Waals surface area contributed by atoms with Gasteiger partial charge < -0.3 is 0 Å². The van der Waals surface area contributed by atoms with Gasteiger partial charge in [0.25, 0.3) is 0 Å². The van der Waals surface area contributed by atoms with Gasteiger partial charge in [-0.3, -0.25) is 4.79 Å². The fourth-order valence-electron chi connectivity index (χ4n) is 2.32. The molecule has 1 saturated carbocycles. The lowest BCUT2D eigenvalue weighted by molar-refractivity contribution is -0.120.